The molecule has 0 aliphatic carbocycles. The Morgan fingerprint density at radius 2 is 1.85 bits per heavy atom. The van der Waals surface area contributed by atoms with Crippen molar-refractivity contribution in [3.05, 3.63) is 111 Å². The molecule has 2 N–H and O–H groups in total. The van der Waals surface area contributed by atoms with Gasteiger partial charge in [0.15, 0.2) is 0 Å². The molecule has 9 heteroatoms. The van der Waals surface area contributed by atoms with Crippen molar-refractivity contribution in [2.24, 2.45) is 0 Å². The number of nitrogens with one attached hydrogen (secondary N) is 2. The predicted octanol–water partition coefficient (Wildman–Crippen LogP) is 6.34. The van der Waals surface area contributed by atoms with Crippen molar-refractivity contribution in [3.8, 4) is 0 Å². The summed E-state index contributed by atoms with van der Waals surface area (Å²) in [6, 6.07) is 18.2. The van der Waals surface area contributed by atoms with Crippen molar-refractivity contribution in [3.63, 3.8) is 0 Å². The van der Waals surface area contributed by atoms with Crippen LogP contribution in [-0.2, 0) is 0 Å². The molecule has 0 unspecified atom stereocenters. The van der Waals surface area contributed by atoms with Gasteiger partial charge in [-0.15, -0.1) is 5.10 Å². The van der Waals surface area contributed by atoms with E-state index in [0.29, 0.717) is 22.2 Å². The van der Waals surface area contributed by atoms with Crippen LogP contribution in [0.3, 0.4) is 0 Å². The number of aryl methyl sites for hydroxylation is 1. The van der Waals surface area contributed by atoms with Gasteiger partial charge in [-0.05, 0) is 55.0 Å². The van der Waals surface area contributed by atoms with Gasteiger partial charge in [0.2, 0.25) is 5.95 Å². The normalized spacial score (nSPS) is 14.7. The third-order valence-corrected chi connectivity index (χ3v) is 6.00. The maximum atomic E-state index is 14.9. The van der Waals surface area contributed by atoms with E-state index in [-0.39, 0.29) is 22.4 Å². The van der Waals surface area contributed by atoms with Crippen molar-refractivity contribution in [1.82, 2.24) is 14.8 Å². The molecule has 5 rings (SSSR count). The lowest BCUT2D eigenvalue weighted by molar-refractivity contribution is 0.102. The second-order valence-corrected chi connectivity index (χ2v) is 8.66. The quantitative estimate of drug-likeness (QED) is 0.347. The lowest BCUT2D eigenvalue weighted by Crippen LogP contribution is -2.21. The van der Waals surface area contributed by atoms with Crippen LogP contribution in [0.15, 0.2) is 72.8 Å². The van der Waals surface area contributed by atoms with E-state index in [1.54, 1.807) is 48.5 Å². The van der Waals surface area contributed by atoms with E-state index in [2.05, 4.69) is 20.7 Å². The van der Waals surface area contributed by atoms with Gasteiger partial charge in [-0.2, -0.15) is 4.98 Å². The first-order valence-electron chi connectivity index (χ1n) is 10.4. The Balaban J connectivity index is 1.55. The van der Waals surface area contributed by atoms with Crippen LogP contribution >= 0.6 is 23.2 Å². The van der Waals surface area contributed by atoms with E-state index in [1.807, 2.05) is 25.1 Å². The topological polar surface area (TPSA) is 71.8 Å². The first-order valence-corrected chi connectivity index (χ1v) is 11.2. The molecule has 0 bridgehead atoms. The Labute approximate surface area is 205 Å². The molecule has 1 aliphatic rings. The fourth-order valence-electron chi connectivity index (χ4n) is 3.80. The van der Waals surface area contributed by atoms with Crippen molar-refractivity contribution in [2.75, 3.05) is 10.6 Å². The average molecular weight is 494 g/mol. The standard InChI is InChI=1S/C25H18Cl2FN5O/c1-14-4-2-5-16(12-14)23(34)30-24-31-25-29-20(15-8-10-17(26)11-9-15)13-21(33(25)32-24)22-18(27)6-3-7-19(22)28/h2-13,21H,1H3,(H2,29,30,31,32,34)/t21-/m0/s1. The second kappa shape index (κ2) is 8.93. The molecule has 4 aromatic rings. The molecule has 0 fully saturated rings. The minimum absolute atomic E-state index is 0.0808. The lowest BCUT2D eigenvalue weighted by atomic mass is 10.0. The summed E-state index contributed by atoms with van der Waals surface area (Å²) in [5, 5.41) is 11.2. The number of fused-ring (bicyclic) bond motifs is 1. The van der Waals surface area contributed by atoms with Crippen LogP contribution in [0.4, 0.5) is 16.3 Å². The Hall–Kier alpha value is -3.68. The number of hydrogen-bond donors (Lipinski definition) is 2. The number of carbonyl (C=O) groups is 1. The highest BCUT2D eigenvalue weighted by molar-refractivity contribution is 6.31. The van der Waals surface area contributed by atoms with Crippen LogP contribution in [-0.4, -0.2) is 20.7 Å². The first kappa shape index (κ1) is 22.1. The molecule has 0 spiro atoms. The fourth-order valence-corrected chi connectivity index (χ4v) is 4.20. The van der Waals surface area contributed by atoms with Crippen molar-refractivity contribution in [1.29, 1.82) is 0 Å². The van der Waals surface area contributed by atoms with Crippen LogP contribution in [0.5, 0.6) is 0 Å². The van der Waals surface area contributed by atoms with Gasteiger partial charge < -0.3 is 5.32 Å². The van der Waals surface area contributed by atoms with E-state index >= 15 is 0 Å². The van der Waals surface area contributed by atoms with E-state index in [4.69, 9.17) is 23.2 Å². The van der Waals surface area contributed by atoms with Crippen molar-refractivity contribution in [2.45, 2.75) is 13.0 Å². The SMILES string of the molecule is Cc1cccc(C(=O)Nc2nc3n(n2)[C@H](c2c(F)cccc2Cl)C=C(c2ccc(Cl)cc2)N3)c1. The van der Waals surface area contributed by atoms with Gasteiger partial charge in [-0.25, -0.2) is 9.07 Å². The molecule has 2 heterocycles. The molecule has 1 atom stereocenters. The van der Waals surface area contributed by atoms with Crippen LogP contribution < -0.4 is 10.6 Å². The molecule has 0 saturated heterocycles. The van der Waals surface area contributed by atoms with Gasteiger partial charge in [0, 0.05) is 26.9 Å². The van der Waals surface area contributed by atoms with Gasteiger partial charge in [-0.1, -0.05) is 59.1 Å². The summed E-state index contributed by atoms with van der Waals surface area (Å²) in [5.41, 5.74) is 3.19. The molecular weight excluding hydrogens is 476 g/mol. The Bertz CT molecular complexity index is 1410. The Morgan fingerprint density at radius 3 is 2.59 bits per heavy atom. The zero-order valence-electron chi connectivity index (χ0n) is 17.9. The number of anilines is 2. The number of carbonyl (C=O) groups excluding carboxylic acids is 1. The van der Waals surface area contributed by atoms with Gasteiger partial charge in [-0.3, -0.25) is 10.1 Å². The Morgan fingerprint density at radius 1 is 1.09 bits per heavy atom. The summed E-state index contributed by atoms with van der Waals surface area (Å²) in [7, 11) is 0. The monoisotopic (exact) mass is 493 g/mol. The van der Waals surface area contributed by atoms with Crippen molar-refractivity contribution >= 4 is 46.7 Å². The van der Waals surface area contributed by atoms with Crippen molar-refractivity contribution < 1.29 is 9.18 Å². The average Bonchev–Trinajstić information content (AvgIpc) is 3.22. The summed E-state index contributed by atoms with van der Waals surface area (Å²) in [6.45, 7) is 1.90. The number of allylic oxidation sites excluding steroid dienone is 1. The molecule has 1 aliphatic heterocycles. The molecule has 1 aromatic heterocycles. The Kier molecular flexibility index (Phi) is 5.81. The maximum absolute atomic E-state index is 14.9. The van der Waals surface area contributed by atoms with Crippen LogP contribution in [0.25, 0.3) is 5.70 Å². The molecule has 1 amide bonds. The molecule has 6 nitrogen and oxygen atoms in total. The highest BCUT2D eigenvalue weighted by Gasteiger charge is 2.29. The highest BCUT2D eigenvalue weighted by atomic mass is 35.5. The first-order chi connectivity index (χ1) is 16.4. The summed E-state index contributed by atoms with van der Waals surface area (Å²) >= 11 is 12.4. The maximum Gasteiger partial charge on any atom is 0.258 e. The van der Waals surface area contributed by atoms with Crippen LogP contribution in [0.2, 0.25) is 10.0 Å². The zero-order chi connectivity index (χ0) is 23.8. The minimum Gasteiger partial charge on any atom is -0.324 e. The smallest absolute Gasteiger partial charge is 0.258 e. The lowest BCUT2D eigenvalue weighted by Gasteiger charge is -2.25. The summed E-state index contributed by atoms with van der Waals surface area (Å²) in [4.78, 5) is 17.2. The largest absolute Gasteiger partial charge is 0.324 e. The number of hydrogen-bond acceptors (Lipinski definition) is 4. The summed E-state index contributed by atoms with van der Waals surface area (Å²) in [6.07, 6.45) is 1.81. The molecular formula is C25H18Cl2FN5O. The molecule has 170 valence electrons. The molecule has 0 radical (unpaired) electrons. The minimum atomic E-state index is -0.701. The molecule has 3 aromatic carbocycles. The number of halogens is 3. The fraction of sp³-hybridized carbons (Fsp3) is 0.0800. The third-order valence-electron chi connectivity index (χ3n) is 5.42. The molecule has 34 heavy (non-hydrogen) atoms. The number of aromatic nitrogens is 3. The van der Waals surface area contributed by atoms with Gasteiger partial charge in [0.25, 0.3) is 11.9 Å². The number of rotatable bonds is 4. The number of nitrogens with zero attached hydrogens (tertiary/aromatic N) is 3. The molecule has 0 saturated carbocycles. The van der Waals surface area contributed by atoms with E-state index in [1.165, 1.54) is 10.7 Å². The summed E-state index contributed by atoms with van der Waals surface area (Å²) < 4.78 is 16.4. The van der Waals surface area contributed by atoms with Gasteiger partial charge >= 0.3 is 0 Å². The van der Waals surface area contributed by atoms with Crippen LogP contribution in [0.1, 0.15) is 33.1 Å². The van der Waals surface area contributed by atoms with Crippen LogP contribution in [0, 0.1) is 12.7 Å². The summed E-state index contributed by atoms with van der Waals surface area (Å²) in [5.74, 6) is -0.413. The van der Waals surface area contributed by atoms with E-state index in [9.17, 15) is 9.18 Å². The zero-order valence-corrected chi connectivity index (χ0v) is 19.4. The van der Waals surface area contributed by atoms with Gasteiger partial charge in [0.1, 0.15) is 11.9 Å². The van der Waals surface area contributed by atoms with E-state index in [0.717, 1.165) is 11.1 Å². The predicted molar refractivity (Wildman–Crippen MR) is 132 cm³/mol. The number of amides is 1. The highest BCUT2D eigenvalue weighted by Crippen LogP contribution is 2.37. The number of benzene rings is 3. The van der Waals surface area contributed by atoms with E-state index < -0.39 is 11.9 Å². The third kappa shape index (κ3) is 4.27. The second-order valence-electron chi connectivity index (χ2n) is 7.82. The van der Waals surface area contributed by atoms with Gasteiger partial charge in [0.05, 0.1) is 0 Å².